The van der Waals surface area contributed by atoms with E-state index in [2.05, 4.69) is 50.5 Å². The molecule has 3 aromatic rings. The standard InChI is InChI=1S/C19H21N5O/c1-25-19-8-7-16(11-20-19)18-14-24(22-21-18)17-9-10-23(13-17)12-15-5-3-2-4-6-15/h2-8,11,14,17H,9-10,12-13H2,1H3. The van der Waals surface area contributed by atoms with Gasteiger partial charge in [0.25, 0.3) is 0 Å². The van der Waals surface area contributed by atoms with Crippen LogP contribution in [-0.2, 0) is 6.54 Å². The Bertz CT molecular complexity index is 815. The number of rotatable bonds is 5. The van der Waals surface area contributed by atoms with Gasteiger partial charge in [-0.25, -0.2) is 9.67 Å². The maximum Gasteiger partial charge on any atom is 0.212 e. The van der Waals surface area contributed by atoms with Gasteiger partial charge in [-0.1, -0.05) is 35.5 Å². The molecule has 1 aromatic carbocycles. The third-order valence-corrected chi connectivity index (χ3v) is 4.62. The Morgan fingerprint density at radius 3 is 2.80 bits per heavy atom. The van der Waals surface area contributed by atoms with Gasteiger partial charge in [-0.3, -0.25) is 4.90 Å². The SMILES string of the molecule is COc1ccc(-c2cn(C3CCN(Cc4ccccc4)C3)nn2)cn1. The van der Waals surface area contributed by atoms with Crippen molar-refractivity contribution in [2.45, 2.75) is 19.0 Å². The molecule has 2 aromatic heterocycles. The number of aromatic nitrogens is 4. The van der Waals surface area contributed by atoms with Crippen LogP contribution in [0.1, 0.15) is 18.0 Å². The molecule has 1 fully saturated rings. The fourth-order valence-electron chi connectivity index (χ4n) is 3.25. The summed E-state index contributed by atoms with van der Waals surface area (Å²) in [6.07, 6.45) is 4.88. The van der Waals surface area contributed by atoms with Crippen molar-refractivity contribution in [1.29, 1.82) is 0 Å². The number of hydrogen-bond acceptors (Lipinski definition) is 5. The van der Waals surface area contributed by atoms with E-state index < -0.39 is 0 Å². The van der Waals surface area contributed by atoms with Crippen molar-refractivity contribution in [3.8, 4) is 17.1 Å². The van der Waals surface area contributed by atoms with E-state index in [4.69, 9.17) is 4.74 Å². The Balaban J connectivity index is 1.42. The maximum atomic E-state index is 5.09. The van der Waals surface area contributed by atoms with Crippen LogP contribution in [0.5, 0.6) is 5.88 Å². The predicted octanol–water partition coefficient (Wildman–Crippen LogP) is 2.80. The molecule has 1 aliphatic heterocycles. The fourth-order valence-corrected chi connectivity index (χ4v) is 3.25. The first kappa shape index (κ1) is 15.8. The summed E-state index contributed by atoms with van der Waals surface area (Å²) >= 11 is 0. The number of methoxy groups -OCH3 is 1. The van der Waals surface area contributed by atoms with Crippen molar-refractivity contribution < 1.29 is 4.74 Å². The molecule has 1 atom stereocenters. The maximum absolute atomic E-state index is 5.09. The third kappa shape index (κ3) is 3.53. The van der Waals surface area contributed by atoms with Gasteiger partial charge in [0.2, 0.25) is 5.88 Å². The van der Waals surface area contributed by atoms with Gasteiger partial charge in [0, 0.05) is 37.5 Å². The van der Waals surface area contributed by atoms with Crippen LogP contribution in [0.2, 0.25) is 0 Å². The molecule has 0 radical (unpaired) electrons. The lowest BCUT2D eigenvalue weighted by Crippen LogP contribution is -2.21. The summed E-state index contributed by atoms with van der Waals surface area (Å²) in [5.74, 6) is 0.600. The summed E-state index contributed by atoms with van der Waals surface area (Å²) in [7, 11) is 1.61. The molecule has 0 N–H and O–H groups in total. The monoisotopic (exact) mass is 335 g/mol. The van der Waals surface area contributed by atoms with Gasteiger partial charge in [-0.15, -0.1) is 5.10 Å². The van der Waals surface area contributed by atoms with E-state index in [9.17, 15) is 0 Å². The smallest absolute Gasteiger partial charge is 0.212 e. The molecular weight excluding hydrogens is 314 g/mol. The summed E-state index contributed by atoms with van der Waals surface area (Å²) in [5, 5.41) is 8.65. The highest BCUT2D eigenvalue weighted by molar-refractivity contribution is 5.56. The average molecular weight is 335 g/mol. The lowest BCUT2D eigenvalue weighted by atomic mass is 10.2. The Labute approximate surface area is 147 Å². The lowest BCUT2D eigenvalue weighted by molar-refractivity contribution is 0.310. The van der Waals surface area contributed by atoms with Gasteiger partial charge in [-0.2, -0.15) is 0 Å². The second kappa shape index (κ2) is 7.03. The van der Waals surface area contributed by atoms with Crippen molar-refractivity contribution in [3.63, 3.8) is 0 Å². The van der Waals surface area contributed by atoms with Crippen LogP contribution in [0.25, 0.3) is 11.3 Å². The van der Waals surface area contributed by atoms with Gasteiger partial charge < -0.3 is 4.74 Å². The highest BCUT2D eigenvalue weighted by Crippen LogP contribution is 2.24. The van der Waals surface area contributed by atoms with Gasteiger partial charge in [0.1, 0.15) is 5.69 Å². The molecule has 1 unspecified atom stereocenters. The lowest BCUT2D eigenvalue weighted by Gasteiger charge is -2.15. The van der Waals surface area contributed by atoms with Gasteiger partial charge in [-0.05, 0) is 18.1 Å². The minimum absolute atomic E-state index is 0.371. The zero-order chi connectivity index (χ0) is 17.1. The fraction of sp³-hybridized carbons (Fsp3) is 0.316. The molecule has 1 saturated heterocycles. The molecule has 0 bridgehead atoms. The topological polar surface area (TPSA) is 56.1 Å². The van der Waals surface area contributed by atoms with Crippen LogP contribution in [0, 0.1) is 0 Å². The molecule has 4 rings (SSSR count). The minimum Gasteiger partial charge on any atom is -0.481 e. The van der Waals surface area contributed by atoms with Crippen molar-refractivity contribution in [1.82, 2.24) is 24.9 Å². The predicted molar refractivity (Wildman–Crippen MR) is 95.2 cm³/mol. The van der Waals surface area contributed by atoms with E-state index in [0.717, 1.165) is 37.3 Å². The molecule has 1 aliphatic rings. The minimum atomic E-state index is 0.371. The van der Waals surface area contributed by atoms with Crippen LogP contribution in [0.4, 0.5) is 0 Å². The second-order valence-corrected chi connectivity index (χ2v) is 6.34. The van der Waals surface area contributed by atoms with Crippen LogP contribution >= 0.6 is 0 Å². The summed E-state index contributed by atoms with van der Waals surface area (Å²) in [6, 6.07) is 14.8. The Hall–Kier alpha value is -2.73. The van der Waals surface area contributed by atoms with E-state index in [1.165, 1.54) is 5.56 Å². The Morgan fingerprint density at radius 1 is 1.16 bits per heavy atom. The van der Waals surface area contributed by atoms with E-state index in [-0.39, 0.29) is 0 Å². The quantitative estimate of drug-likeness (QED) is 0.718. The number of benzene rings is 1. The van der Waals surface area contributed by atoms with E-state index >= 15 is 0 Å². The zero-order valence-electron chi connectivity index (χ0n) is 14.2. The zero-order valence-corrected chi connectivity index (χ0v) is 14.2. The summed E-state index contributed by atoms with van der Waals surface area (Å²) in [5.41, 5.74) is 3.15. The van der Waals surface area contributed by atoms with Crippen molar-refractivity contribution in [2.24, 2.45) is 0 Å². The van der Waals surface area contributed by atoms with Crippen molar-refractivity contribution in [3.05, 3.63) is 60.4 Å². The number of pyridine rings is 1. The first-order chi connectivity index (χ1) is 12.3. The summed E-state index contributed by atoms with van der Waals surface area (Å²) in [6.45, 7) is 3.07. The molecule has 6 heteroatoms. The van der Waals surface area contributed by atoms with Gasteiger partial charge in [0.05, 0.1) is 19.3 Å². The Morgan fingerprint density at radius 2 is 2.04 bits per heavy atom. The molecule has 0 amide bonds. The number of nitrogens with zero attached hydrogens (tertiary/aromatic N) is 5. The largest absolute Gasteiger partial charge is 0.481 e. The summed E-state index contributed by atoms with van der Waals surface area (Å²) in [4.78, 5) is 6.70. The van der Waals surface area contributed by atoms with E-state index in [0.29, 0.717) is 11.9 Å². The number of hydrogen-bond donors (Lipinski definition) is 0. The molecule has 128 valence electrons. The summed E-state index contributed by atoms with van der Waals surface area (Å²) < 4.78 is 7.08. The van der Waals surface area contributed by atoms with Gasteiger partial charge in [0.15, 0.2) is 0 Å². The first-order valence-electron chi connectivity index (χ1n) is 8.50. The van der Waals surface area contributed by atoms with Crippen molar-refractivity contribution in [2.75, 3.05) is 20.2 Å². The molecule has 25 heavy (non-hydrogen) atoms. The van der Waals surface area contributed by atoms with Crippen molar-refractivity contribution >= 4 is 0 Å². The van der Waals surface area contributed by atoms with E-state index in [1.807, 2.05) is 23.0 Å². The highest BCUT2D eigenvalue weighted by atomic mass is 16.5. The van der Waals surface area contributed by atoms with Gasteiger partial charge >= 0.3 is 0 Å². The molecule has 0 aliphatic carbocycles. The molecule has 0 saturated carbocycles. The molecular formula is C19H21N5O. The Kier molecular flexibility index (Phi) is 4.43. The average Bonchev–Trinajstić information content (AvgIpc) is 3.32. The van der Waals surface area contributed by atoms with Crippen LogP contribution in [0.15, 0.2) is 54.9 Å². The number of likely N-dealkylation sites (tertiary alicyclic amines) is 1. The second-order valence-electron chi connectivity index (χ2n) is 6.34. The van der Waals surface area contributed by atoms with Crippen LogP contribution < -0.4 is 4.74 Å². The van der Waals surface area contributed by atoms with Crippen LogP contribution in [0.3, 0.4) is 0 Å². The third-order valence-electron chi connectivity index (χ3n) is 4.62. The van der Waals surface area contributed by atoms with Crippen LogP contribution in [-0.4, -0.2) is 45.1 Å². The van der Waals surface area contributed by atoms with E-state index in [1.54, 1.807) is 13.3 Å². The number of ether oxygens (including phenoxy) is 1. The first-order valence-corrected chi connectivity index (χ1v) is 8.50. The highest BCUT2D eigenvalue weighted by Gasteiger charge is 2.25. The normalized spacial score (nSPS) is 17.7. The molecule has 3 heterocycles. The molecule has 6 nitrogen and oxygen atoms in total. The molecule has 0 spiro atoms.